The Bertz CT molecular complexity index is 1140. The molecule has 164 valence electrons. The Morgan fingerprint density at radius 2 is 1.78 bits per heavy atom. The lowest BCUT2D eigenvalue weighted by molar-refractivity contribution is -0.126. The Kier molecular flexibility index (Phi) is 8.67. The molecule has 0 heterocycles. The lowest BCUT2D eigenvalue weighted by atomic mass is 10.2. The van der Waals surface area contributed by atoms with Gasteiger partial charge >= 0.3 is 0 Å². The van der Waals surface area contributed by atoms with Gasteiger partial charge in [0.25, 0.3) is 0 Å². The molecule has 0 saturated heterocycles. The fraction of sp³-hybridized carbons (Fsp3) is 0.0870. The van der Waals surface area contributed by atoms with E-state index in [4.69, 9.17) is 27.9 Å². The summed E-state index contributed by atoms with van der Waals surface area (Å²) < 4.78 is 6.51. The molecule has 0 aliphatic rings. The molecular weight excluding hydrogens is 517 g/mol. The Hall–Kier alpha value is -2.87. The van der Waals surface area contributed by atoms with Crippen LogP contribution in [0.3, 0.4) is 0 Å². The SMILES string of the molecule is O=C(CC(=O)Nc1ccccc1)NN=Cc1ccc(OCc2ccc(Cl)cc2Cl)c(Br)c1. The molecule has 0 aliphatic carbocycles. The molecule has 0 atom stereocenters. The predicted molar refractivity (Wildman–Crippen MR) is 130 cm³/mol. The minimum atomic E-state index is -0.520. The van der Waals surface area contributed by atoms with Gasteiger partial charge < -0.3 is 10.1 Å². The van der Waals surface area contributed by atoms with Crippen molar-refractivity contribution < 1.29 is 14.3 Å². The molecule has 0 fully saturated rings. The summed E-state index contributed by atoms with van der Waals surface area (Å²) in [5.74, 6) is -0.322. The van der Waals surface area contributed by atoms with Crippen LogP contribution in [-0.2, 0) is 16.2 Å². The topological polar surface area (TPSA) is 79.8 Å². The third-order valence-corrected chi connectivity index (χ3v) is 5.34. The standard InChI is InChI=1S/C23H18BrCl2N3O3/c24-19-10-15(6-9-21(19)32-14-16-7-8-17(25)11-20(16)26)13-27-29-23(31)12-22(30)28-18-4-2-1-3-5-18/h1-11,13H,12,14H2,(H,28,30)(H,29,31). The van der Waals surface area contributed by atoms with Crippen molar-refractivity contribution in [1.29, 1.82) is 0 Å². The second-order valence-electron chi connectivity index (χ2n) is 6.60. The van der Waals surface area contributed by atoms with Crippen LogP contribution in [0.1, 0.15) is 17.5 Å². The maximum Gasteiger partial charge on any atom is 0.249 e. The van der Waals surface area contributed by atoms with Crippen molar-refractivity contribution in [1.82, 2.24) is 5.43 Å². The fourth-order valence-corrected chi connectivity index (χ4v) is 3.57. The van der Waals surface area contributed by atoms with Crippen LogP contribution in [-0.4, -0.2) is 18.0 Å². The normalized spacial score (nSPS) is 10.7. The van der Waals surface area contributed by atoms with Gasteiger partial charge in [-0.2, -0.15) is 5.10 Å². The summed E-state index contributed by atoms with van der Waals surface area (Å²) in [5, 5.41) is 7.62. The molecule has 0 bridgehead atoms. The Labute approximate surface area is 203 Å². The monoisotopic (exact) mass is 533 g/mol. The van der Waals surface area contributed by atoms with Gasteiger partial charge in [-0.25, -0.2) is 5.43 Å². The number of nitrogens with zero attached hydrogens (tertiary/aromatic N) is 1. The van der Waals surface area contributed by atoms with Gasteiger partial charge in [0.2, 0.25) is 11.8 Å². The van der Waals surface area contributed by atoms with Crippen molar-refractivity contribution in [3.63, 3.8) is 0 Å². The molecular formula is C23H18BrCl2N3O3. The van der Waals surface area contributed by atoms with Crippen molar-refractivity contribution in [3.05, 3.63) is 92.4 Å². The highest BCUT2D eigenvalue weighted by Crippen LogP contribution is 2.28. The molecule has 0 spiro atoms. The van der Waals surface area contributed by atoms with E-state index >= 15 is 0 Å². The number of carbonyl (C=O) groups is 2. The maximum absolute atomic E-state index is 11.9. The van der Waals surface area contributed by atoms with Gasteiger partial charge in [0, 0.05) is 21.3 Å². The van der Waals surface area contributed by atoms with E-state index in [2.05, 4.69) is 31.8 Å². The average molecular weight is 535 g/mol. The lowest BCUT2D eigenvalue weighted by Crippen LogP contribution is -2.24. The molecule has 3 aromatic rings. The van der Waals surface area contributed by atoms with E-state index < -0.39 is 11.8 Å². The first-order chi connectivity index (χ1) is 15.4. The van der Waals surface area contributed by atoms with E-state index in [0.717, 1.165) is 11.1 Å². The van der Waals surface area contributed by atoms with Gasteiger partial charge in [-0.15, -0.1) is 0 Å². The second-order valence-corrected chi connectivity index (χ2v) is 8.30. The molecule has 9 heteroatoms. The summed E-state index contributed by atoms with van der Waals surface area (Å²) in [6, 6.07) is 19.5. The third-order valence-electron chi connectivity index (χ3n) is 4.14. The average Bonchev–Trinajstić information content (AvgIpc) is 2.75. The van der Waals surface area contributed by atoms with E-state index in [9.17, 15) is 9.59 Å². The number of para-hydroxylation sites is 1. The molecule has 0 aromatic heterocycles. The summed E-state index contributed by atoms with van der Waals surface area (Å²) in [6.45, 7) is 0.281. The number of hydrazone groups is 1. The zero-order valence-electron chi connectivity index (χ0n) is 16.6. The van der Waals surface area contributed by atoms with Crippen molar-refractivity contribution in [2.45, 2.75) is 13.0 Å². The smallest absolute Gasteiger partial charge is 0.249 e. The molecule has 3 rings (SSSR count). The molecule has 0 aliphatic heterocycles. The fourth-order valence-electron chi connectivity index (χ4n) is 2.60. The van der Waals surface area contributed by atoms with Crippen molar-refractivity contribution in [3.8, 4) is 5.75 Å². The van der Waals surface area contributed by atoms with Gasteiger partial charge in [0.1, 0.15) is 18.8 Å². The van der Waals surface area contributed by atoms with Crippen LogP contribution in [0.5, 0.6) is 5.75 Å². The van der Waals surface area contributed by atoms with E-state index in [0.29, 0.717) is 26.0 Å². The largest absolute Gasteiger partial charge is 0.488 e. The first kappa shape index (κ1) is 23.8. The van der Waals surface area contributed by atoms with Crippen LogP contribution in [0, 0.1) is 0 Å². The molecule has 0 unspecified atom stereocenters. The van der Waals surface area contributed by atoms with E-state index in [-0.39, 0.29) is 13.0 Å². The van der Waals surface area contributed by atoms with E-state index in [1.165, 1.54) is 6.21 Å². The number of ether oxygens (including phenoxy) is 1. The number of rotatable bonds is 8. The number of hydrogen-bond donors (Lipinski definition) is 2. The highest BCUT2D eigenvalue weighted by Gasteiger charge is 2.09. The number of anilines is 1. The molecule has 3 aromatic carbocycles. The molecule has 32 heavy (non-hydrogen) atoms. The number of amides is 2. The van der Waals surface area contributed by atoms with Crippen LogP contribution in [0.2, 0.25) is 10.0 Å². The zero-order valence-corrected chi connectivity index (χ0v) is 19.7. The summed E-state index contributed by atoms with van der Waals surface area (Å²) in [4.78, 5) is 23.8. The Morgan fingerprint density at radius 1 is 1.00 bits per heavy atom. The Morgan fingerprint density at radius 3 is 2.50 bits per heavy atom. The first-order valence-electron chi connectivity index (χ1n) is 9.44. The van der Waals surface area contributed by atoms with E-state index in [1.807, 2.05) is 12.1 Å². The Balaban J connectivity index is 1.49. The minimum Gasteiger partial charge on any atom is -0.488 e. The van der Waals surface area contributed by atoms with Crippen molar-refractivity contribution >= 4 is 62.8 Å². The molecule has 2 N–H and O–H groups in total. The van der Waals surface area contributed by atoms with E-state index in [1.54, 1.807) is 54.6 Å². The predicted octanol–water partition coefficient (Wildman–Crippen LogP) is 5.81. The summed E-state index contributed by atoms with van der Waals surface area (Å²) in [5.41, 5.74) is 4.50. The minimum absolute atomic E-state index is 0.281. The number of nitrogens with one attached hydrogen (secondary N) is 2. The summed E-state index contributed by atoms with van der Waals surface area (Å²) in [6.07, 6.45) is 1.13. The maximum atomic E-state index is 11.9. The summed E-state index contributed by atoms with van der Waals surface area (Å²) in [7, 11) is 0. The van der Waals surface area contributed by atoms with Crippen LogP contribution >= 0.6 is 39.1 Å². The quantitative estimate of drug-likeness (QED) is 0.217. The highest BCUT2D eigenvalue weighted by atomic mass is 79.9. The first-order valence-corrected chi connectivity index (χ1v) is 11.0. The van der Waals surface area contributed by atoms with Crippen molar-refractivity contribution in [2.24, 2.45) is 5.10 Å². The molecule has 0 radical (unpaired) electrons. The van der Waals surface area contributed by atoms with Crippen LogP contribution in [0.15, 0.2) is 76.3 Å². The third kappa shape index (κ3) is 7.37. The van der Waals surface area contributed by atoms with Gasteiger partial charge in [-0.05, 0) is 64.0 Å². The van der Waals surface area contributed by atoms with Gasteiger partial charge in [-0.1, -0.05) is 47.5 Å². The number of hydrogen-bond acceptors (Lipinski definition) is 4. The van der Waals surface area contributed by atoms with Gasteiger partial charge in [0.05, 0.1) is 10.7 Å². The molecule has 6 nitrogen and oxygen atoms in total. The number of benzene rings is 3. The van der Waals surface area contributed by atoms with Crippen LogP contribution in [0.25, 0.3) is 0 Å². The van der Waals surface area contributed by atoms with Crippen molar-refractivity contribution in [2.75, 3.05) is 5.32 Å². The molecule has 0 saturated carbocycles. The number of halogens is 3. The molecule has 2 amide bonds. The lowest BCUT2D eigenvalue weighted by Gasteiger charge is -2.10. The van der Waals surface area contributed by atoms with Crippen LogP contribution < -0.4 is 15.5 Å². The van der Waals surface area contributed by atoms with Crippen LogP contribution in [0.4, 0.5) is 5.69 Å². The highest BCUT2D eigenvalue weighted by molar-refractivity contribution is 9.10. The zero-order chi connectivity index (χ0) is 22.9. The number of carbonyl (C=O) groups excluding carboxylic acids is 2. The van der Waals surface area contributed by atoms with Gasteiger partial charge in [0.15, 0.2) is 0 Å². The second kappa shape index (κ2) is 11.7. The van der Waals surface area contributed by atoms with Gasteiger partial charge in [-0.3, -0.25) is 9.59 Å². The summed E-state index contributed by atoms with van der Waals surface area (Å²) >= 11 is 15.5.